The number of anilines is 1. The second-order valence-corrected chi connectivity index (χ2v) is 5.21. The number of hydrogen-bond donors (Lipinski definition) is 1. The van der Waals surface area contributed by atoms with E-state index in [1.54, 1.807) is 57.7 Å². The van der Waals surface area contributed by atoms with Crippen LogP contribution < -0.4 is 19.5 Å². The lowest BCUT2D eigenvalue weighted by atomic mass is 10.1. The summed E-state index contributed by atoms with van der Waals surface area (Å²) in [4.78, 5) is 12.6. The average Bonchev–Trinajstić information content (AvgIpc) is 2.63. The predicted octanol–water partition coefficient (Wildman–Crippen LogP) is 3.50. The number of carbonyl (C=O) groups excluding carboxylic acids is 1. The standard InChI is InChI=1S/C19H23NO5/c1-5-25-17-8-6-13(10-14(17)12-22-2)19(21)20-16-11-15(23-3)7-9-18(16)24-4/h6-11H,5,12H2,1-4H3,(H,20,21). The molecule has 0 atom stereocenters. The van der Waals surface area contributed by atoms with Crippen LogP contribution in [0.4, 0.5) is 5.69 Å². The quantitative estimate of drug-likeness (QED) is 0.793. The van der Waals surface area contributed by atoms with E-state index >= 15 is 0 Å². The molecule has 0 unspecified atom stereocenters. The highest BCUT2D eigenvalue weighted by molar-refractivity contribution is 6.05. The van der Waals surface area contributed by atoms with Crippen molar-refractivity contribution in [3.8, 4) is 17.2 Å². The molecule has 0 saturated carbocycles. The van der Waals surface area contributed by atoms with E-state index in [4.69, 9.17) is 18.9 Å². The largest absolute Gasteiger partial charge is 0.497 e. The number of hydrogen-bond acceptors (Lipinski definition) is 5. The van der Waals surface area contributed by atoms with Gasteiger partial charge in [-0.2, -0.15) is 0 Å². The van der Waals surface area contributed by atoms with Crippen LogP contribution in [-0.2, 0) is 11.3 Å². The third kappa shape index (κ3) is 4.64. The van der Waals surface area contributed by atoms with Crippen molar-refractivity contribution in [2.75, 3.05) is 33.3 Å². The number of amides is 1. The van der Waals surface area contributed by atoms with Crippen LogP contribution in [0, 0.1) is 0 Å². The summed E-state index contributed by atoms with van der Waals surface area (Å²) in [6.07, 6.45) is 0. The molecule has 0 radical (unpaired) electrons. The summed E-state index contributed by atoms with van der Waals surface area (Å²) < 4.78 is 21.2. The zero-order chi connectivity index (χ0) is 18.2. The zero-order valence-corrected chi connectivity index (χ0v) is 14.9. The lowest BCUT2D eigenvalue weighted by Gasteiger charge is -2.14. The Morgan fingerprint density at radius 2 is 1.76 bits per heavy atom. The van der Waals surface area contributed by atoms with E-state index in [0.29, 0.717) is 41.7 Å². The number of methoxy groups -OCH3 is 3. The van der Waals surface area contributed by atoms with E-state index in [1.807, 2.05) is 6.92 Å². The minimum absolute atomic E-state index is 0.257. The van der Waals surface area contributed by atoms with Gasteiger partial charge in [-0.25, -0.2) is 0 Å². The van der Waals surface area contributed by atoms with Gasteiger partial charge in [-0.15, -0.1) is 0 Å². The van der Waals surface area contributed by atoms with Crippen molar-refractivity contribution in [1.82, 2.24) is 0 Å². The average molecular weight is 345 g/mol. The Morgan fingerprint density at radius 3 is 2.40 bits per heavy atom. The lowest BCUT2D eigenvalue weighted by molar-refractivity contribution is 0.102. The third-order valence-corrected chi connectivity index (χ3v) is 3.58. The van der Waals surface area contributed by atoms with Crippen molar-refractivity contribution in [2.24, 2.45) is 0 Å². The fourth-order valence-corrected chi connectivity index (χ4v) is 2.39. The fraction of sp³-hybridized carbons (Fsp3) is 0.316. The Balaban J connectivity index is 2.27. The Hall–Kier alpha value is -2.73. The number of benzene rings is 2. The summed E-state index contributed by atoms with van der Waals surface area (Å²) in [5, 5.41) is 2.85. The van der Waals surface area contributed by atoms with Gasteiger partial charge in [0.15, 0.2) is 0 Å². The molecule has 2 rings (SSSR count). The molecule has 1 amide bonds. The molecule has 0 heterocycles. The Morgan fingerprint density at radius 1 is 1.00 bits per heavy atom. The highest BCUT2D eigenvalue weighted by atomic mass is 16.5. The first-order valence-electron chi connectivity index (χ1n) is 7.91. The van der Waals surface area contributed by atoms with E-state index in [-0.39, 0.29) is 5.91 Å². The Bertz CT molecular complexity index is 730. The van der Waals surface area contributed by atoms with Crippen molar-refractivity contribution in [2.45, 2.75) is 13.5 Å². The summed E-state index contributed by atoms with van der Waals surface area (Å²) in [5.74, 6) is 1.63. The number of carbonyl (C=O) groups is 1. The molecule has 134 valence electrons. The number of rotatable bonds is 8. The van der Waals surface area contributed by atoms with Gasteiger partial charge in [-0.3, -0.25) is 4.79 Å². The van der Waals surface area contributed by atoms with Crippen molar-refractivity contribution < 1.29 is 23.7 Å². The van der Waals surface area contributed by atoms with Crippen LogP contribution in [0.1, 0.15) is 22.8 Å². The molecule has 0 fully saturated rings. The molecule has 0 aliphatic carbocycles. The second kappa shape index (κ2) is 8.94. The summed E-state index contributed by atoms with van der Waals surface area (Å²) in [6.45, 7) is 2.81. The summed E-state index contributed by atoms with van der Waals surface area (Å²) in [5.41, 5.74) is 1.85. The molecular weight excluding hydrogens is 322 g/mol. The molecule has 0 aromatic heterocycles. The Kier molecular flexibility index (Phi) is 6.65. The summed E-state index contributed by atoms with van der Waals surface area (Å²) >= 11 is 0. The topological polar surface area (TPSA) is 66.0 Å². The van der Waals surface area contributed by atoms with Crippen molar-refractivity contribution in [3.63, 3.8) is 0 Å². The van der Waals surface area contributed by atoms with Crippen molar-refractivity contribution in [1.29, 1.82) is 0 Å². The van der Waals surface area contributed by atoms with Crippen LogP contribution >= 0.6 is 0 Å². The van der Waals surface area contributed by atoms with Gasteiger partial charge in [0.1, 0.15) is 17.2 Å². The first-order chi connectivity index (χ1) is 12.1. The fourth-order valence-electron chi connectivity index (χ4n) is 2.39. The minimum atomic E-state index is -0.257. The molecule has 2 aromatic carbocycles. The molecule has 0 bridgehead atoms. The second-order valence-electron chi connectivity index (χ2n) is 5.21. The van der Waals surface area contributed by atoms with E-state index in [2.05, 4.69) is 5.32 Å². The van der Waals surface area contributed by atoms with E-state index in [0.717, 1.165) is 5.56 Å². The highest BCUT2D eigenvalue weighted by Crippen LogP contribution is 2.29. The summed E-state index contributed by atoms with van der Waals surface area (Å²) in [6, 6.07) is 10.5. The van der Waals surface area contributed by atoms with E-state index in [1.165, 1.54) is 0 Å². The molecular formula is C19H23NO5. The smallest absolute Gasteiger partial charge is 0.255 e. The van der Waals surface area contributed by atoms with Crippen LogP contribution in [0.25, 0.3) is 0 Å². The molecule has 25 heavy (non-hydrogen) atoms. The predicted molar refractivity (Wildman–Crippen MR) is 95.8 cm³/mol. The first kappa shape index (κ1) is 18.6. The third-order valence-electron chi connectivity index (χ3n) is 3.58. The van der Waals surface area contributed by atoms with Crippen LogP contribution in [0.2, 0.25) is 0 Å². The molecule has 0 aliphatic heterocycles. The molecule has 0 saturated heterocycles. The maximum Gasteiger partial charge on any atom is 0.255 e. The van der Waals surface area contributed by atoms with Crippen LogP contribution in [0.15, 0.2) is 36.4 Å². The van der Waals surface area contributed by atoms with Gasteiger partial charge < -0.3 is 24.3 Å². The van der Waals surface area contributed by atoms with Crippen molar-refractivity contribution >= 4 is 11.6 Å². The van der Waals surface area contributed by atoms with Gasteiger partial charge in [0.05, 0.1) is 33.1 Å². The van der Waals surface area contributed by atoms with E-state index < -0.39 is 0 Å². The minimum Gasteiger partial charge on any atom is -0.497 e. The van der Waals surface area contributed by atoms with Gasteiger partial charge in [0.25, 0.3) is 5.91 Å². The van der Waals surface area contributed by atoms with Gasteiger partial charge in [-0.05, 0) is 37.3 Å². The molecule has 6 heteroatoms. The number of nitrogens with one attached hydrogen (secondary N) is 1. The lowest BCUT2D eigenvalue weighted by Crippen LogP contribution is -2.13. The van der Waals surface area contributed by atoms with Gasteiger partial charge in [-0.1, -0.05) is 0 Å². The maximum atomic E-state index is 12.6. The Labute approximate surface area is 147 Å². The van der Waals surface area contributed by atoms with E-state index in [9.17, 15) is 4.79 Å². The van der Waals surface area contributed by atoms with Gasteiger partial charge in [0, 0.05) is 24.3 Å². The monoisotopic (exact) mass is 345 g/mol. The van der Waals surface area contributed by atoms with Crippen molar-refractivity contribution in [3.05, 3.63) is 47.5 Å². The normalized spacial score (nSPS) is 10.2. The molecule has 0 aliphatic rings. The zero-order valence-electron chi connectivity index (χ0n) is 14.9. The maximum absolute atomic E-state index is 12.6. The molecule has 2 aromatic rings. The molecule has 0 spiro atoms. The van der Waals surface area contributed by atoms with Crippen LogP contribution in [-0.4, -0.2) is 33.8 Å². The molecule has 6 nitrogen and oxygen atoms in total. The van der Waals surface area contributed by atoms with Gasteiger partial charge >= 0.3 is 0 Å². The number of ether oxygens (including phenoxy) is 4. The summed E-state index contributed by atoms with van der Waals surface area (Å²) in [7, 11) is 4.71. The first-order valence-corrected chi connectivity index (χ1v) is 7.91. The van der Waals surface area contributed by atoms with Crippen LogP contribution in [0.5, 0.6) is 17.2 Å². The molecule has 1 N–H and O–H groups in total. The SMILES string of the molecule is CCOc1ccc(C(=O)Nc2cc(OC)ccc2OC)cc1COC. The highest BCUT2D eigenvalue weighted by Gasteiger charge is 2.13. The van der Waals surface area contributed by atoms with Gasteiger partial charge in [0.2, 0.25) is 0 Å². The van der Waals surface area contributed by atoms with Crippen LogP contribution in [0.3, 0.4) is 0 Å².